The van der Waals surface area contributed by atoms with E-state index in [9.17, 15) is 4.79 Å². The smallest absolute Gasteiger partial charge is 0.239 e. The van der Waals surface area contributed by atoms with Crippen LogP contribution in [0.4, 0.5) is 0 Å². The molecule has 1 amide bonds. The maximum absolute atomic E-state index is 13.1. The minimum atomic E-state index is -0.0201. The number of rotatable bonds is 4. The van der Waals surface area contributed by atoms with E-state index in [2.05, 4.69) is 38.2 Å². The molecule has 2 atom stereocenters. The topological polar surface area (TPSA) is 53.7 Å². The van der Waals surface area contributed by atoms with E-state index in [1.165, 1.54) is 6.42 Å². The van der Waals surface area contributed by atoms with E-state index in [-0.39, 0.29) is 6.04 Å². The first-order chi connectivity index (χ1) is 13.2. The fourth-order valence-corrected chi connectivity index (χ4v) is 4.79. The molecule has 0 bridgehead atoms. The normalized spacial score (nSPS) is 23.6. The first-order valence-electron chi connectivity index (χ1n) is 10.5. The first kappa shape index (κ1) is 18.4. The van der Waals surface area contributed by atoms with Gasteiger partial charge in [0.1, 0.15) is 5.82 Å². The van der Waals surface area contributed by atoms with E-state index in [1.807, 2.05) is 24.4 Å². The lowest BCUT2D eigenvalue weighted by Crippen LogP contribution is -2.53. The Kier molecular flexibility index (Phi) is 5.43. The van der Waals surface area contributed by atoms with Crippen LogP contribution in [0.1, 0.15) is 64.1 Å². The Bertz CT molecular complexity index is 780. The average molecular weight is 370 g/mol. The fraction of sp³-hybridized carbons (Fsp3) is 0.667. The zero-order valence-corrected chi connectivity index (χ0v) is 16.5. The molecule has 0 aliphatic carbocycles. The highest BCUT2D eigenvalue weighted by molar-refractivity contribution is 5.82. The molecule has 4 rings (SSSR count). The maximum atomic E-state index is 13.1. The van der Waals surface area contributed by atoms with Crippen LogP contribution in [0.3, 0.4) is 0 Å². The van der Waals surface area contributed by atoms with Crippen molar-refractivity contribution in [3.8, 4) is 0 Å². The van der Waals surface area contributed by atoms with Gasteiger partial charge >= 0.3 is 0 Å². The van der Waals surface area contributed by atoms with Gasteiger partial charge in [-0.1, -0.05) is 13.0 Å². The highest BCUT2D eigenvalue weighted by Crippen LogP contribution is 2.29. The second kappa shape index (κ2) is 7.97. The second-order valence-electron chi connectivity index (χ2n) is 8.06. The van der Waals surface area contributed by atoms with Crippen LogP contribution in [-0.4, -0.2) is 62.0 Å². The predicted molar refractivity (Wildman–Crippen MR) is 106 cm³/mol. The van der Waals surface area contributed by atoms with Crippen molar-refractivity contribution in [1.29, 1.82) is 0 Å². The number of nitrogens with zero attached hydrogens (tertiary/aromatic N) is 5. The summed E-state index contributed by atoms with van der Waals surface area (Å²) in [7, 11) is 0. The molecule has 4 heterocycles. The van der Waals surface area contributed by atoms with Gasteiger partial charge in [-0.05, 0) is 70.7 Å². The molecule has 2 aliphatic rings. The molecule has 0 saturated carbocycles. The molecule has 2 saturated heterocycles. The lowest BCUT2D eigenvalue weighted by Gasteiger charge is -2.41. The SMILES string of the molecule is CCC1CCCCN1C(=O)C(C)N1CCC(c2nnc3ccccn23)CC1. The molecule has 2 aromatic heterocycles. The number of hydrogen-bond donors (Lipinski definition) is 0. The molecule has 2 unspecified atom stereocenters. The van der Waals surface area contributed by atoms with Gasteiger partial charge in [0, 0.05) is 24.7 Å². The van der Waals surface area contributed by atoms with Crippen LogP contribution in [0, 0.1) is 0 Å². The molecular formula is C21H31N5O. The molecule has 2 aliphatic heterocycles. The van der Waals surface area contributed by atoms with Crippen molar-refractivity contribution in [3.05, 3.63) is 30.2 Å². The molecule has 2 aromatic rings. The van der Waals surface area contributed by atoms with Crippen LogP contribution in [0.5, 0.6) is 0 Å². The van der Waals surface area contributed by atoms with Crippen LogP contribution >= 0.6 is 0 Å². The number of likely N-dealkylation sites (tertiary alicyclic amines) is 2. The van der Waals surface area contributed by atoms with Crippen molar-refractivity contribution < 1.29 is 4.79 Å². The van der Waals surface area contributed by atoms with Crippen molar-refractivity contribution in [2.24, 2.45) is 0 Å². The Morgan fingerprint density at radius 3 is 2.74 bits per heavy atom. The Balaban J connectivity index is 1.39. The Morgan fingerprint density at radius 1 is 1.15 bits per heavy atom. The number of aromatic nitrogens is 3. The second-order valence-corrected chi connectivity index (χ2v) is 8.06. The summed E-state index contributed by atoms with van der Waals surface area (Å²) in [6.07, 6.45) is 8.75. The molecular weight excluding hydrogens is 338 g/mol. The number of carbonyl (C=O) groups excluding carboxylic acids is 1. The number of carbonyl (C=O) groups is 1. The summed E-state index contributed by atoms with van der Waals surface area (Å²) < 4.78 is 2.11. The van der Waals surface area contributed by atoms with E-state index in [0.29, 0.717) is 17.9 Å². The number of hydrogen-bond acceptors (Lipinski definition) is 4. The minimum absolute atomic E-state index is 0.0201. The Labute approximate surface area is 161 Å². The summed E-state index contributed by atoms with van der Waals surface area (Å²) in [6, 6.07) is 6.43. The number of amides is 1. The van der Waals surface area contributed by atoms with Gasteiger partial charge in [-0.2, -0.15) is 0 Å². The largest absolute Gasteiger partial charge is 0.338 e. The Morgan fingerprint density at radius 2 is 1.96 bits per heavy atom. The molecule has 0 spiro atoms. The van der Waals surface area contributed by atoms with Gasteiger partial charge in [-0.3, -0.25) is 14.1 Å². The fourth-order valence-electron chi connectivity index (χ4n) is 4.79. The van der Waals surface area contributed by atoms with Gasteiger partial charge in [0.25, 0.3) is 0 Å². The molecule has 6 nitrogen and oxygen atoms in total. The first-order valence-corrected chi connectivity index (χ1v) is 10.5. The zero-order valence-electron chi connectivity index (χ0n) is 16.5. The number of fused-ring (bicyclic) bond motifs is 1. The van der Waals surface area contributed by atoms with Crippen LogP contribution in [0.25, 0.3) is 5.65 Å². The minimum Gasteiger partial charge on any atom is -0.338 e. The van der Waals surface area contributed by atoms with Crippen LogP contribution in [-0.2, 0) is 4.79 Å². The number of pyridine rings is 1. The van der Waals surface area contributed by atoms with Gasteiger partial charge in [-0.25, -0.2) is 0 Å². The highest BCUT2D eigenvalue weighted by atomic mass is 16.2. The van der Waals surface area contributed by atoms with Gasteiger partial charge < -0.3 is 4.90 Å². The van der Waals surface area contributed by atoms with E-state index in [4.69, 9.17) is 0 Å². The molecule has 27 heavy (non-hydrogen) atoms. The summed E-state index contributed by atoms with van der Waals surface area (Å²) in [5.41, 5.74) is 0.911. The monoisotopic (exact) mass is 369 g/mol. The van der Waals surface area contributed by atoms with Crippen molar-refractivity contribution in [3.63, 3.8) is 0 Å². The van der Waals surface area contributed by atoms with Crippen LogP contribution in [0.2, 0.25) is 0 Å². The number of piperidine rings is 2. The quantitative estimate of drug-likeness (QED) is 0.831. The molecule has 146 valence electrons. The maximum Gasteiger partial charge on any atom is 0.239 e. The summed E-state index contributed by atoms with van der Waals surface area (Å²) in [5.74, 6) is 1.80. The van der Waals surface area contributed by atoms with Gasteiger partial charge in [0.05, 0.1) is 6.04 Å². The van der Waals surface area contributed by atoms with Crippen molar-refractivity contribution in [2.75, 3.05) is 19.6 Å². The third kappa shape index (κ3) is 3.59. The third-order valence-corrected chi connectivity index (χ3v) is 6.52. The standard InChI is InChI=1S/C21H31N5O/c1-3-18-8-4-6-12-25(18)21(27)16(2)24-14-10-17(11-15-24)20-23-22-19-9-5-7-13-26(19)20/h5,7,9,13,16-18H,3-4,6,8,10-12,14-15H2,1-2H3. The van der Waals surface area contributed by atoms with E-state index < -0.39 is 0 Å². The van der Waals surface area contributed by atoms with E-state index in [0.717, 1.165) is 63.2 Å². The lowest BCUT2D eigenvalue weighted by atomic mass is 9.94. The van der Waals surface area contributed by atoms with Crippen LogP contribution < -0.4 is 0 Å². The average Bonchev–Trinajstić information content (AvgIpc) is 3.17. The summed E-state index contributed by atoms with van der Waals surface area (Å²) in [4.78, 5) is 17.6. The molecule has 0 aromatic carbocycles. The summed E-state index contributed by atoms with van der Waals surface area (Å²) in [6.45, 7) is 7.13. The van der Waals surface area contributed by atoms with Gasteiger partial charge in [0.2, 0.25) is 5.91 Å². The third-order valence-electron chi connectivity index (χ3n) is 6.52. The zero-order chi connectivity index (χ0) is 18.8. The highest BCUT2D eigenvalue weighted by Gasteiger charge is 2.34. The Hall–Kier alpha value is -1.95. The summed E-state index contributed by atoms with van der Waals surface area (Å²) >= 11 is 0. The predicted octanol–water partition coefficient (Wildman–Crippen LogP) is 3.09. The molecule has 0 radical (unpaired) electrons. The van der Waals surface area contributed by atoms with E-state index in [1.54, 1.807) is 0 Å². The molecule has 6 heteroatoms. The molecule has 2 fully saturated rings. The van der Waals surface area contributed by atoms with Crippen LogP contribution in [0.15, 0.2) is 24.4 Å². The lowest BCUT2D eigenvalue weighted by molar-refractivity contribution is -0.140. The summed E-state index contributed by atoms with van der Waals surface area (Å²) in [5, 5.41) is 8.73. The van der Waals surface area contributed by atoms with Crippen molar-refractivity contribution in [2.45, 2.75) is 70.4 Å². The van der Waals surface area contributed by atoms with Gasteiger partial charge in [0.15, 0.2) is 5.65 Å². The van der Waals surface area contributed by atoms with Crippen molar-refractivity contribution in [1.82, 2.24) is 24.4 Å². The van der Waals surface area contributed by atoms with Gasteiger partial charge in [-0.15, -0.1) is 10.2 Å². The van der Waals surface area contributed by atoms with Crippen molar-refractivity contribution >= 4 is 11.6 Å². The van der Waals surface area contributed by atoms with E-state index >= 15 is 0 Å². The molecule has 0 N–H and O–H groups in total.